The Morgan fingerprint density at radius 2 is 2.03 bits per heavy atom. The summed E-state index contributed by atoms with van der Waals surface area (Å²) >= 11 is 7.82. The molecule has 0 aromatic heterocycles. The highest BCUT2D eigenvalue weighted by atomic mass is 35.5. The highest BCUT2D eigenvalue weighted by Gasteiger charge is 2.41. The maximum atomic E-state index is 13.5. The second-order valence-corrected chi connectivity index (χ2v) is 9.22. The van der Waals surface area contributed by atoms with E-state index in [-0.39, 0.29) is 24.3 Å². The van der Waals surface area contributed by atoms with Crippen LogP contribution in [0.5, 0.6) is 0 Å². The van der Waals surface area contributed by atoms with E-state index in [4.69, 9.17) is 16.6 Å². The second-order valence-electron chi connectivity index (χ2n) is 7.94. The fraction of sp³-hybridized carbons (Fsp3) is 0.435. The minimum atomic E-state index is -0.380. The Morgan fingerprint density at radius 1 is 1.29 bits per heavy atom. The number of halogens is 1. The van der Waals surface area contributed by atoms with Gasteiger partial charge in [-0.15, -0.1) is 0 Å². The van der Waals surface area contributed by atoms with Crippen LogP contribution in [0.2, 0.25) is 5.02 Å². The van der Waals surface area contributed by atoms with E-state index in [2.05, 4.69) is 5.32 Å². The molecule has 2 amide bonds. The predicted molar refractivity (Wildman–Crippen MR) is 126 cm³/mol. The number of hydrogen-bond acceptors (Lipinski definition) is 5. The summed E-state index contributed by atoms with van der Waals surface area (Å²) in [7, 11) is 0. The molecule has 1 N–H and O–H groups in total. The van der Waals surface area contributed by atoms with Crippen LogP contribution in [0.1, 0.15) is 51.6 Å². The highest BCUT2D eigenvalue weighted by molar-refractivity contribution is 8.16. The number of carbonyl (C=O) groups is 2. The topological polar surface area (TPSA) is 65.0 Å². The standard InChI is InChI=1S/C23H27ClN4O2S/c1-4-27(5-2)22(30)20-14(3)25-23-28(21(20)15-7-6-8-16(24)11-15)18(13-31-23)12-19(29)26-17-9-10-17/h6-8,11,13,17,21H,4-5,9-10,12H2,1-3H3,(H,26,29). The van der Waals surface area contributed by atoms with Crippen molar-refractivity contribution in [3.63, 3.8) is 0 Å². The Bertz CT molecular complexity index is 995. The van der Waals surface area contributed by atoms with Gasteiger partial charge in [-0.1, -0.05) is 35.5 Å². The van der Waals surface area contributed by atoms with Gasteiger partial charge >= 0.3 is 0 Å². The normalized spacial score (nSPS) is 20.3. The molecule has 0 bridgehead atoms. The van der Waals surface area contributed by atoms with E-state index in [1.165, 1.54) is 11.8 Å². The third-order valence-electron chi connectivity index (χ3n) is 5.73. The van der Waals surface area contributed by atoms with E-state index in [1.807, 2.05) is 60.2 Å². The smallest absolute Gasteiger partial charge is 0.254 e. The zero-order valence-electron chi connectivity index (χ0n) is 18.0. The highest BCUT2D eigenvalue weighted by Crippen LogP contribution is 2.45. The van der Waals surface area contributed by atoms with Crippen LogP contribution < -0.4 is 5.32 Å². The van der Waals surface area contributed by atoms with Crippen molar-refractivity contribution >= 4 is 40.3 Å². The summed E-state index contributed by atoms with van der Waals surface area (Å²) in [6.45, 7) is 7.07. The number of aliphatic imine (C=N–C) groups is 1. The van der Waals surface area contributed by atoms with E-state index >= 15 is 0 Å². The van der Waals surface area contributed by atoms with E-state index in [0.717, 1.165) is 29.3 Å². The first-order chi connectivity index (χ1) is 14.9. The average molecular weight is 459 g/mol. The number of hydrogen-bond donors (Lipinski definition) is 1. The van der Waals surface area contributed by atoms with Gasteiger partial charge in [0, 0.05) is 29.9 Å². The van der Waals surface area contributed by atoms with E-state index in [0.29, 0.717) is 35.4 Å². The number of amidine groups is 1. The molecule has 1 aromatic rings. The lowest BCUT2D eigenvalue weighted by Crippen LogP contribution is -2.42. The number of likely N-dealkylation sites (N-methyl/N-ethyl adjacent to an activating group) is 1. The lowest BCUT2D eigenvalue weighted by Gasteiger charge is -2.38. The molecule has 0 saturated heterocycles. The van der Waals surface area contributed by atoms with Crippen molar-refractivity contribution < 1.29 is 9.59 Å². The SMILES string of the molecule is CCN(CC)C(=O)C1=C(C)N=C2SC=C(CC(=O)NC3CC3)N2C1c1cccc(Cl)c1. The molecule has 0 radical (unpaired) electrons. The molecule has 0 spiro atoms. The molecule has 2 aliphatic heterocycles. The molecule has 2 heterocycles. The maximum Gasteiger partial charge on any atom is 0.254 e. The third kappa shape index (κ3) is 4.53. The van der Waals surface area contributed by atoms with Crippen molar-refractivity contribution in [2.45, 2.75) is 52.1 Å². The summed E-state index contributed by atoms with van der Waals surface area (Å²) in [4.78, 5) is 34.7. The number of carbonyl (C=O) groups excluding carboxylic acids is 2. The number of thioether (sulfide) groups is 1. The van der Waals surface area contributed by atoms with Crippen LogP contribution in [0.4, 0.5) is 0 Å². The van der Waals surface area contributed by atoms with Crippen LogP contribution >= 0.6 is 23.4 Å². The summed E-state index contributed by atoms with van der Waals surface area (Å²) in [6.07, 6.45) is 2.35. The monoisotopic (exact) mass is 458 g/mol. The van der Waals surface area contributed by atoms with Crippen molar-refractivity contribution in [1.29, 1.82) is 0 Å². The van der Waals surface area contributed by atoms with Crippen molar-refractivity contribution in [2.75, 3.05) is 13.1 Å². The minimum absolute atomic E-state index is 0.00309. The number of fused-ring (bicyclic) bond motifs is 1. The molecule has 1 unspecified atom stereocenters. The number of benzene rings is 1. The fourth-order valence-corrected chi connectivity index (χ4v) is 5.15. The predicted octanol–water partition coefficient (Wildman–Crippen LogP) is 4.45. The Balaban J connectivity index is 1.74. The molecule has 1 saturated carbocycles. The zero-order valence-corrected chi connectivity index (χ0v) is 19.6. The second kappa shape index (κ2) is 9.09. The zero-order chi connectivity index (χ0) is 22.1. The molecular formula is C23H27ClN4O2S. The van der Waals surface area contributed by atoms with Gasteiger partial charge in [0.15, 0.2) is 5.17 Å². The van der Waals surface area contributed by atoms with E-state index < -0.39 is 0 Å². The van der Waals surface area contributed by atoms with Gasteiger partial charge in [0.05, 0.1) is 23.7 Å². The van der Waals surface area contributed by atoms with Crippen LogP contribution in [0.3, 0.4) is 0 Å². The van der Waals surface area contributed by atoms with Gasteiger partial charge < -0.3 is 15.1 Å². The molecule has 4 rings (SSSR count). The molecule has 8 heteroatoms. The lowest BCUT2D eigenvalue weighted by atomic mass is 9.92. The number of allylic oxidation sites excluding steroid dienone is 1. The molecule has 3 aliphatic rings. The van der Waals surface area contributed by atoms with Crippen molar-refractivity contribution in [1.82, 2.24) is 15.1 Å². The van der Waals surface area contributed by atoms with Crippen LogP contribution in [-0.4, -0.2) is 45.9 Å². The van der Waals surface area contributed by atoms with Crippen LogP contribution in [0.25, 0.3) is 0 Å². The minimum Gasteiger partial charge on any atom is -0.353 e. The summed E-state index contributed by atoms with van der Waals surface area (Å²) in [5.74, 6) is -0.0303. The summed E-state index contributed by atoms with van der Waals surface area (Å²) in [6, 6.07) is 7.51. The Labute approximate surface area is 192 Å². The van der Waals surface area contributed by atoms with Gasteiger partial charge in [-0.3, -0.25) is 9.59 Å². The van der Waals surface area contributed by atoms with E-state index in [9.17, 15) is 9.59 Å². The number of rotatable bonds is 7. The Morgan fingerprint density at radius 3 is 2.68 bits per heavy atom. The van der Waals surface area contributed by atoms with Gasteiger partial charge in [0.2, 0.25) is 5.91 Å². The van der Waals surface area contributed by atoms with Crippen LogP contribution in [-0.2, 0) is 9.59 Å². The molecule has 6 nitrogen and oxygen atoms in total. The third-order valence-corrected chi connectivity index (χ3v) is 6.85. The van der Waals surface area contributed by atoms with Gasteiger partial charge in [0.1, 0.15) is 0 Å². The maximum absolute atomic E-state index is 13.5. The van der Waals surface area contributed by atoms with E-state index in [1.54, 1.807) is 0 Å². The van der Waals surface area contributed by atoms with Crippen LogP contribution in [0.15, 0.2) is 51.6 Å². The molecule has 1 fully saturated rings. The quantitative estimate of drug-likeness (QED) is 0.655. The fourth-order valence-electron chi connectivity index (χ4n) is 3.99. The molecule has 1 aliphatic carbocycles. The Hall–Kier alpha value is -2.25. The van der Waals surface area contributed by atoms with Crippen molar-refractivity contribution in [2.24, 2.45) is 4.99 Å². The summed E-state index contributed by atoms with van der Waals surface area (Å²) in [5.41, 5.74) is 3.10. The summed E-state index contributed by atoms with van der Waals surface area (Å²) < 4.78 is 0. The van der Waals surface area contributed by atoms with Crippen LogP contribution in [0, 0.1) is 0 Å². The first kappa shape index (κ1) is 22.0. The first-order valence-electron chi connectivity index (χ1n) is 10.7. The molecule has 31 heavy (non-hydrogen) atoms. The Kier molecular flexibility index (Phi) is 6.44. The van der Waals surface area contributed by atoms with Crippen molar-refractivity contribution in [3.05, 3.63) is 57.2 Å². The van der Waals surface area contributed by atoms with Gasteiger partial charge in [0.25, 0.3) is 5.91 Å². The summed E-state index contributed by atoms with van der Waals surface area (Å²) in [5, 5.41) is 6.42. The van der Waals surface area contributed by atoms with Gasteiger partial charge in [-0.2, -0.15) is 0 Å². The molecular weight excluding hydrogens is 432 g/mol. The lowest BCUT2D eigenvalue weighted by molar-refractivity contribution is -0.127. The largest absolute Gasteiger partial charge is 0.353 e. The number of nitrogens with one attached hydrogen (secondary N) is 1. The first-order valence-corrected chi connectivity index (χ1v) is 12.0. The average Bonchev–Trinajstić information content (AvgIpc) is 3.47. The molecule has 1 aromatic carbocycles. The molecule has 164 valence electrons. The number of amides is 2. The molecule has 1 atom stereocenters. The number of nitrogens with zero attached hydrogens (tertiary/aromatic N) is 3. The van der Waals surface area contributed by atoms with Gasteiger partial charge in [-0.25, -0.2) is 4.99 Å². The van der Waals surface area contributed by atoms with Crippen molar-refractivity contribution in [3.8, 4) is 0 Å². The van der Waals surface area contributed by atoms with Gasteiger partial charge in [-0.05, 0) is 56.7 Å².